The summed E-state index contributed by atoms with van der Waals surface area (Å²) in [5.74, 6) is 1.23. The van der Waals surface area contributed by atoms with Gasteiger partial charge in [0.2, 0.25) is 0 Å². The lowest BCUT2D eigenvalue weighted by Gasteiger charge is -2.34. The highest BCUT2D eigenvalue weighted by Gasteiger charge is 2.55. The number of fused-ring (bicyclic) bond motifs is 28. The largest absolute Gasteiger partial charge is 0.310 e. The van der Waals surface area contributed by atoms with Crippen LogP contribution in [0.25, 0.3) is 111 Å². The predicted molar refractivity (Wildman–Crippen MR) is 528 cm³/mol. The van der Waals surface area contributed by atoms with Gasteiger partial charge in [-0.25, -0.2) is 0 Å². The van der Waals surface area contributed by atoms with Gasteiger partial charge in [0.1, 0.15) is 0 Å². The molecule has 0 aliphatic heterocycles. The van der Waals surface area contributed by atoms with E-state index in [9.17, 15) is 0 Å². The monoisotopic (exact) mass is 1610 g/mol. The van der Waals surface area contributed by atoms with Crippen molar-refractivity contribution < 1.29 is 0 Å². The molecule has 0 aromatic heterocycles. The molecule has 2 heteroatoms. The first-order valence-electron chi connectivity index (χ1n) is 46.2. The quantitative estimate of drug-likeness (QED) is 0.135. The Morgan fingerprint density at radius 3 is 0.794 bits per heavy atom. The minimum absolute atomic E-state index is 0.139. The molecule has 0 bridgehead atoms. The Hall–Kier alpha value is -13.9. The van der Waals surface area contributed by atoms with Gasteiger partial charge in [-0.1, -0.05) is 394 Å². The van der Waals surface area contributed by atoms with E-state index in [4.69, 9.17) is 0 Å². The Labute approximate surface area is 740 Å². The summed E-state index contributed by atoms with van der Waals surface area (Å²) in [5.41, 5.74) is 46.6. The number of anilines is 6. The summed E-state index contributed by atoms with van der Waals surface area (Å²) < 4.78 is 0. The van der Waals surface area contributed by atoms with Crippen molar-refractivity contribution >= 4 is 55.7 Å². The summed E-state index contributed by atoms with van der Waals surface area (Å²) in [6, 6.07) is 149. The van der Waals surface area contributed by atoms with E-state index in [1.807, 2.05) is 0 Å². The van der Waals surface area contributed by atoms with Crippen molar-refractivity contribution in [2.45, 2.75) is 125 Å². The SMILES string of the molecule is CC1(C)c2ccccc2-c2ccc(N(c3ccc4c(c3)C3(c5ccccc5-c5ccc(C6CCCCC6)cc53)c3ccccc3-4)c3ccccc3-c3cccc4ccccc34)cc21.CC1(C)c2ccccc2-c2ccc(N(c3ccc4c(c3)C3(c5ccccc5-c5ccccc53)c3cc(C5CCCCC5)ccc3-4)c3ccccc3-c3cccc4ccccc34)cc21. The molecule has 26 rings (SSSR count). The number of hydrogen-bond donors (Lipinski definition) is 0. The molecular formula is C124H98N2. The lowest BCUT2D eigenvalue weighted by atomic mass is 9.69. The normalized spacial score (nSPS) is 16.7. The van der Waals surface area contributed by atoms with Crippen molar-refractivity contribution in [2.24, 2.45) is 0 Å². The molecule has 126 heavy (non-hydrogen) atoms. The van der Waals surface area contributed by atoms with Crippen LogP contribution >= 0.6 is 0 Å². The Balaban J connectivity index is 0.000000137. The van der Waals surface area contributed by atoms with Gasteiger partial charge in [-0.05, 0) is 276 Å². The van der Waals surface area contributed by atoms with E-state index in [0.29, 0.717) is 11.8 Å². The van der Waals surface area contributed by atoms with Crippen LogP contribution in [0.1, 0.15) is 182 Å². The van der Waals surface area contributed by atoms with Gasteiger partial charge in [-0.3, -0.25) is 0 Å². The predicted octanol–water partition coefficient (Wildman–Crippen LogP) is 33.3. The molecule has 18 aromatic carbocycles. The zero-order chi connectivity index (χ0) is 83.7. The molecule has 0 amide bonds. The molecule has 2 nitrogen and oxygen atoms in total. The van der Waals surface area contributed by atoms with Crippen LogP contribution in [0.5, 0.6) is 0 Å². The molecule has 2 spiro atoms. The second-order valence-electron chi connectivity index (χ2n) is 38.0. The second-order valence-corrected chi connectivity index (χ2v) is 38.0. The average Bonchev–Trinajstić information content (AvgIpc) is 1.51. The molecule has 0 heterocycles. The van der Waals surface area contributed by atoms with E-state index < -0.39 is 10.8 Å². The van der Waals surface area contributed by atoms with Gasteiger partial charge in [0.05, 0.1) is 22.2 Å². The fraction of sp³-hybridized carbons (Fsp3) is 0.161. The van der Waals surface area contributed by atoms with Crippen LogP contribution in [0.4, 0.5) is 34.1 Å². The highest BCUT2D eigenvalue weighted by molar-refractivity contribution is 6.06. The fourth-order valence-electron chi connectivity index (χ4n) is 25.2. The van der Waals surface area contributed by atoms with Crippen LogP contribution in [-0.4, -0.2) is 0 Å². The lowest BCUT2D eigenvalue weighted by Crippen LogP contribution is -2.26. The van der Waals surface area contributed by atoms with Gasteiger partial charge in [0.25, 0.3) is 0 Å². The van der Waals surface area contributed by atoms with Crippen LogP contribution in [0, 0.1) is 0 Å². The van der Waals surface area contributed by atoms with Crippen molar-refractivity contribution in [1.29, 1.82) is 0 Å². The Kier molecular flexibility index (Phi) is 17.1. The van der Waals surface area contributed by atoms with Gasteiger partial charge < -0.3 is 9.80 Å². The molecule has 18 aromatic rings. The molecule has 8 aliphatic rings. The lowest BCUT2D eigenvalue weighted by molar-refractivity contribution is 0.443. The zero-order valence-corrected chi connectivity index (χ0v) is 72.1. The van der Waals surface area contributed by atoms with Crippen LogP contribution in [-0.2, 0) is 21.7 Å². The van der Waals surface area contributed by atoms with Crippen molar-refractivity contribution in [2.75, 3.05) is 9.80 Å². The van der Waals surface area contributed by atoms with Gasteiger partial charge in [0, 0.05) is 44.7 Å². The van der Waals surface area contributed by atoms with E-state index in [-0.39, 0.29) is 10.8 Å². The maximum absolute atomic E-state index is 2.64. The minimum Gasteiger partial charge on any atom is -0.310 e. The van der Waals surface area contributed by atoms with Crippen LogP contribution in [0.2, 0.25) is 0 Å². The Morgan fingerprint density at radius 1 is 0.190 bits per heavy atom. The summed E-state index contributed by atoms with van der Waals surface area (Å²) in [5, 5.41) is 5.01. The summed E-state index contributed by atoms with van der Waals surface area (Å²) in [7, 11) is 0. The van der Waals surface area contributed by atoms with Crippen molar-refractivity contribution in [3.63, 3.8) is 0 Å². The third-order valence-corrected chi connectivity index (χ3v) is 31.0. The van der Waals surface area contributed by atoms with Crippen LogP contribution in [0.15, 0.2) is 388 Å². The molecule has 8 aliphatic carbocycles. The Bertz CT molecular complexity index is 7170. The van der Waals surface area contributed by atoms with Crippen LogP contribution in [0.3, 0.4) is 0 Å². The summed E-state index contributed by atoms with van der Waals surface area (Å²) in [4.78, 5) is 5.13. The summed E-state index contributed by atoms with van der Waals surface area (Å²) in [6.07, 6.45) is 13.1. The van der Waals surface area contributed by atoms with Crippen LogP contribution < -0.4 is 9.80 Å². The van der Waals surface area contributed by atoms with Gasteiger partial charge in [-0.2, -0.15) is 0 Å². The first-order valence-corrected chi connectivity index (χ1v) is 46.2. The topological polar surface area (TPSA) is 6.48 Å². The Morgan fingerprint density at radius 2 is 0.437 bits per heavy atom. The zero-order valence-electron chi connectivity index (χ0n) is 72.1. The number of benzene rings is 18. The number of nitrogens with zero attached hydrogens (tertiary/aromatic N) is 2. The fourth-order valence-corrected chi connectivity index (χ4v) is 25.2. The van der Waals surface area contributed by atoms with Crippen molar-refractivity contribution in [3.05, 3.63) is 466 Å². The summed E-state index contributed by atoms with van der Waals surface area (Å²) in [6.45, 7) is 9.57. The molecule has 0 radical (unpaired) electrons. The van der Waals surface area contributed by atoms with Gasteiger partial charge in [-0.15, -0.1) is 0 Å². The third kappa shape index (κ3) is 10.9. The molecule has 0 N–H and O–H groups in total. The number of para-hydroxylation sites is 2. The minimum atomic E-state index is -0.444. The molecule has 1 atom stereocenters. The second kappa shape index (κ2) is 28.8. The number of rotatable bonds is 10. The van der Waals surface area contributed by atoms with Gasteiger partial charge >= 0.3 is 0 Å². The first-order chi connectivity index (χ1) is 62.0. The smallest absolute Gasteiger partial charge is 0.0726 e. The van der Waals surface area contributed by atoms with E-state index in [1.54, 1.807) is 0 Å². The molecule has 1 unspecified atom stereocenters. The standard InChI is InChI=1S/2C62H49N/c1-61(2)54-27-12-8-22-47(54)50-35-32-43(38-57(50)61)63(60-30-15-11-25-53(60)46-26-16-20-41-19-6-7-21-45(41)46)44-33-36-52-49-24-10-14-29-56(49)62(59(52)39-44)55-28-13-9-23-48(55)51-34-31-42(37-58(51)62)40-17-4-3-5-18-40;1-61(2)54-27-12-8-22-47(54)50-35-32-43(38-57(50)61)63(60-30-15-11-25-53(60)46-26-16-20-41-19-6-7-21-45(41)46)44-33-36-52-51-34-31-42(40-17-4-3-5-18-40)37-58(51)62(59(52)39-44)55-28-13-9-23-48(55)49-24-10-14-29-56(49)62/h2*6-16,19-40H,3-5,17-18H2,1-2H3. The third-order valence-electron chi connectivity index (χ3n) is 31.0. The first kappa shape index (κ1) is 74.7. The van der Waals surface area contributed by atoms with Crippen molar-refractivity contribution in [1.82, 2.24) is 0 Å². The average molecular weight is 1620 g/mol. The molecule has 0 saturated heterocycles. The highest BCUT2D eigenvalue weighted by Crippen LogP contribution is 2.67. The molecule has 2 fully saturated rings. The maximum atomic E-state index is 2.64. The molecule has 604 valence electrons. The van der Waals surface area contributed by atoms with E-state index in [2.05, 4.69) is 426 Å². The number of hydrogen-bond acceptors (Lipinski definition) is 2. The molecular weight excluding hydrogens is 1520 g/mol. The maximum Gasteiger partial charge on any atom is 0.0726 e. The highest BCUT2D eigenvalue weighted by atomic mass is 15.2. The van der Waals surface area contributed by atoms with Crippen molar-refractivity contribution in [3.8, 4) is 89.0 Å². The molecule has 2 saturated carbocycles. The van der Waals surface area contributed by atoms with E-state index >= 15 is 0 Å². The van der Waals surface area contributed by atoms with Gasteiger partial charge in [0.15, 0.2) is 0 Å². The van der Waals surface area contributed by atoms with E-state index in [1.165, 1.54) is 275 Å². The summed E-state index contributed by atoms with van der Waals surface area (Å²) >= 11 is 0. The van der Waals surface area contributed by atoms with E-state index in [0.717, 1.165) is 11.4 Å².